The van der Waals surface area contributed by atoms with Gasteiger partial charge >= 0.3 is 0 Å². The van der Waals surface area contributed by atoms with Crippen molar-refractivity contribution in [3.05, 3.63) is 99.5 Å². The Balaban J connectivity index is 0.000000156. The maximum absolute atomic E-state index is 6.10. The summed E-state index contributed by atoms with van der Waals surface area (Å²) in [4.78, 5) is 3.60. The quantitative estimate of drug-likeness (QED) is 0.425. The van der Waals surface area contributed by atoms with Crippen molar-refractivity contribution in [2.75, 3.05) is 13.6 Å². The maximum Gasteiger partial charge on any atom is 0.0468 e. The summed E-state index contributed by atoms with van der Waals surface area (Å²) >= 11 is 13.9. The van der Waals surface area contributed by atoms with Gasteiger partial charge in [0, 0.05) is 33.8 Å². The van der Waals surface area contributed by atoms with E-state index in [9.17, 15) is 0 Å². The molecule has 0 amide bonds. The van der Waals surface area contributed by atoms with Crippen molar-refractivity contribution in [3.63, 3.8) is 0 Å². The Kier molecular flexibility index (Phi) is 7.66. The van der Waals surface area contributed by atoms with Crippen molar-refractivity contribution in [2.45, 2.75) is 23.6 Å². The summed E-state index contributed by atoms with van der Waals surface area (Å²) in [6.45, 7) is 2.02. The fourth-order valence-electron chi connectivity index (χ4n) is 2.97. The van der Waals surface area contributed by atoms with Gasteiger partial charge in [0.15, 0.2) is 0 Å². The van der Waals surface area contributed by atoms with E-state index in [1.807, 2.05) is 30.0 Å². The van der Waals surface area contributed by atoms with E-state index in [2.05, 4.69) is 66.5 Å². The third kappa shape index (κ3) is 6.29. The van der Waals surface area contributed by atoms with Crippen LogP contribution in [0.2, 0.25) is 10.0 Å². The molecule has 0 bridgehead atoms. The monoisotopic (exact) mass is 415 g/mol. The number of halogens is 2. The molecular formula is C23H23Cl2NS. The van der Waals surface area contributed by atoms with Gasteiger partial charge in [0.1, 0.15) is 0 Å². The first-order valence-corrected chi connectivity index (χ1v) is 10.7. The van der Waals surface area contributed by atoms with Crippen LogP contribution in [0.25, 0.3) is 0 Å². The molecule has 0 saturated heterocycles. The summed E-state index contributed by atoms with van der Waals surface area (Å²) in [5, 5.41) is 1.54. The predicted octanol–water partition coefficient (Wildman–Crippen LogP) is 6.96. The summed E-state index contributed by atoms with van der Waals surface area (Å²) < 4.78 is 0. The molecular weight excluding hydrogens is 393 g/mol. The highest BCUT2D eigenvalue weighted by Gasteiger charge is 2.16. The zero-order chi connectivity index (χ0) is 19.1. The Morgan fingerprint density at radius 2 is 1.59 bits per heavy atom. The molecule has 1 aliphatic rings. The lowest BCUT2D eigenvalue weighted by Crippen LogP contribution is -2.26. The summed E-state index contributed by atoms with van der Waals surface area (Å²) in [7, 11) is 2.11. The molecule has 1 heterocycles. The molecule has 0 aliphatic carbocycles. The Morgan fingerprint density at radius 1 is 0.926 bits per heavy atom. The summed E-state index contributed by atoms with van der Waals surface area (Å²) in [6.07, 6.45) is 1.05. The van der Waals surface area contributed by atoms with Crippen LogP contribution in [0.5, 0.6) is 0 Å². The molecule has 0 aromatic heterocycles. The van der Waals surface area contributed by atoms with E-state index >= 15 is 0 Å². The smallest absolute Gasteiger partial charge is 0.0468 e. The van der Waals surface area contributed by atoms with E-state index in [-0.39, 0.29) is 0 Å². The lowest BCUT2D eigenvalue weighted by atomic mass is 10.0. The molecule has 4 heteroatoms. The van der Waals surface area contributed by atoms with Crippen LogP contribution in [-0.4, -0.2) is 18.5 Å². The molecule has 0 N–H and O–H groups in total. The zero-order valence-corrected chi connectivity index (χ0v) is 17.7. The highest BCUT2D eigenvalue weighted by molar-refractivity contribution is 7.98. The van der Waals surface area contributed by atoms with Gasteiger partial charge in [0.2, 0.25) is 0 Å². The SMILES string of the molecule is CN1CCc2cc(Cl)cc(Cl)c2C1.c1ccc(CSc2ccccc2)cc1. The Hall–Kier alpha value is -1.45. The molecule has 4 rings (SSSR count). The van der Waals surface area contributed by atoms with Crippen LogP contribution < -0.4 is 0 Å². The minimum Gasteiger partial charge on any atom is -0.302 e. The second-order valence-corrected chi connectivity index (χ2v) is 8.49. The third-order valence-electron chi connectivity index (χ3n) is 4.44. The number of hydrogen-bond acceptors (Lipinski definition) is 2. The Morgan fingerprint density at radius 3 is 2.30 bits per heavy atom. The Bertz CT molecular complexity index is 814. The average Bonchev–Trinajstić information content (AvgIpc) is 2.69. The van der Waals surface area contributed by atoms with Crippen LogP contribution in [0, 0.1) is 0 Å². The fourth-order valence-corrected chi connectivity index (χ4v) is 4.45. The van der Waals surface area contributed by atoms with Gasteiger partial charge in [-0.25, -0.2) is 0 Å². The molecule has 0 saturated carbocycles. The molecule has 0 atom stereocenters. The molecule has 3 aromatic rings. The lowest BCUT2D eigenvalue weighted by molar-refractivity contribution is 0.313. The van der Waals surface area contributed by atoms with Crippen molar-refractivity contribution < 1.29 is 0 Å². The van der Waals surface area contributed by atoms with Crippen LogP contribution in [0.15, 0.2) is 77.7 Å². The normalized spacial score (nSPS) is 13.4. The highest BCUT2D eigenvalue weighted by Crippen LogP contribution is 2.29. The second kappa shape index (κ2) is 10.2. The summed E-state index contributed by atoms with van der Waals surface area (Å²) in [5.74, 6) is 1.05. The molecule has 0 unspecified atom stereocenters. The third-order valence-corrected chi connectivity index (χ3v) is 6.07. The largest absolute Gasteiger partial charge is 0.302 e. The van der Waals surface area contributed by atoms with Crippen molar-refractivity contribution in [1.29, 1.82) is 0 Å². The molecule has 140 valence electrons. The van der Waals surface area contributed by atoms with E-state index < -0.39 is 0 Å². The standard InChI is InChI=1S/C13H12S.C10H11Cl2N/c1-3-7-12(8-4-1)11-14-13-9-5-2-6-10-13;1-13-3-2-7-4-8(11)5-10(12)9(7)6-13/h1-10H,11H2;4-5H,2-3,6H2,1H3. The maximum atomic E-state index is 6.10. The first-order chi connectivity index (χ1) is 13.1. The zero-order valence-electron chi connectivity index (χ0n) is 15.4. The van der Waals surface area contributed by atoms with Gasteiger partial charge in [-0.15, -0.1) is 11.8 Å². The number of thioether (sulfide) groups is 1. The van der Waals surface area contributed by atoms with Gasteiger partial charge < -0.3 is 4.90 Å². The van der Waals surface area contributed by atoms with E-state index in [0.717, 1.165) is 35.3 Å². The molecule has 1 nitrogen and oxygen atoms in total. The summed E-state index contributed by atoms with van der Waals surface area (Å²) in [6, 6.07) is 24.9. The molecule has 27 heavy (non-hydrogen) atoms. The van der Waals surface area contributed by atoms with E-state index in [0.29, 0.717) is 0 Å². The Labute approximate surface area is 176 Å². The molecule has 0 fully saturated rings. The molecule has 0 radical (unpaired) electrons. The van der Waals surface area contributed by atoms with Gasteiger partial charge in [-0.3, -0.25) is 0 Å². The van der Waals surface area contributed by atoms with Crippen LogP contribution in [0.1, 0.15) is 16.7 Å². The van der Waals surface area contributed by atoms with Gasteiger partial charge in [-0.05, 0) is 54.4 Å². The first kappa shape index (κ1) is 20.3. The molecule has 0 spiro atoms. The van der Waals surface area contributed by atoms with E-state index in [4.69, 9.17) is 23.2 Å². The number of rotatable bonds is 3. The predicted molar refractivity (Wildman–Crippen MR) is 119 cm³/mol. The van der Waals surface area contributed by atoms with Gasteiger partial charge in [0.25, 0.3) is 0 Å². The van der Waals surface area contributed by atoms with Crippen molar-refractivity contribution in [2.24, 2.45) is 0 Å². The van der Waals surface area contributed by atoms with Crippen molar-refractivity contribution >= 4 is 35.0 Å². The number of benzene rings is 3. The van der Waals surface area contributed by atoms with Crippen LogP contribution in [-0.2, 0) is 18.7 Å². The number of likely N-dealkylation sites (N-methyl/N-ethyl adjacent to an activating group) is 1. The lowest BCUT2D eigenvalue weighted by Gasteiger charge is -2.25. The minimum atomic E-state index is 0.744. The van der Waals surface area contributed by atoms with E-state index in [1.54, 1.807) is 0 Å². The van der Waals surface area contributed by atoms with Gasteiger partial charge in [-0.1, -0.05) is 71.7 Å². The topological polar surface area (TPSA) is 3.24 Å². The van der Waals surface area contributed by atoms with Crippen LogP contribution in [0.3, 0.4) is 0 Å². The number of hydrogen-bond donors (Lipinski definition) is 0. The van der Waals surface area contributed by atoms with Crippen molar-refractivity contribution in [1.82, 2.24) is 4.90 Å². The fraction of sp³-hybridized carbons (Fsp3) is 0.217. The van der Waals surface area contributed by atoms with Crippen LogP contribution >= 0.6 is 35.0 Å². The number of fused-ring (bicyclic) bond motifs is 1. The van der Waals surface area contributed by atoms with Gasteiger partial charge in [-0.2, -0.15) is 0 Å². The van der Waals surface area contributed by atoms with Crippen molar-refractivity contribution in [3.8, 4) is 0 Å². The molecule has 1 aliphatic heterocycles. The summed E-state index contributed by atoms with van der Waals surface area (Å²) in [5.41, 5.74) is 3.91. The van der Waals surface area contributed by atoms with Crippen LogP contribution in [0.4, 0.5) is 0 Å². The second-order valence-electron chi connectivity index (χ2n) is 6.60. The highest BCUT2D eigenvalue weighted by atomic mass is 35.5. The number of nitrogens with zero attached hydrogens (tertiary/aromatic N) is 1. The van der Waals surface area contributed by atoms with Gasteiger partial charge in [0.05, 0.1) is 0 Å². The first-order valence-electron chi connectivity index (χ1n) is 8.99. The minimum absolute atomic E-state index is 0.744. The average molecular weight is 416 g/mol. The van der Waals surface area contributed by atoms with E-state index in [1.165, 1.54) is 21.6 Å². The molecule has 3 aromatic carbocycles.